The second kappa shape index (κ2) is 11.0. The predicted molar refractivity (Wildman–Crippen MR) is 121 cm³/mol. The smallest absolute Gasteiger partial charge is 0.224 e. The van der Waals surface area contributed by atoms with Gasteiger partial charge in [-0.2, -0.15) is 0 Å². The average molecular weight is 449 g/mol. The van der Waals surface area contributed by atoms with Gasteiger partial charge in [0.2, 0.25) is 11.8 Å². The molecule has 1 aromatic carbocycles. The van der Waals surface area contributed by atoms with Gasteiger partial charge in [-0.3, -0.25) is 14.5 Å². The highest BCUT2D eigenvalue weighted by Crippen LogP contribution is 2.21. The second-order valence-electron chi connectivity index (χ2n) is 8.83. The van der Waals surface area contributed by atoms with Crippen molar-refractivity contribution in [2.24, 2.45) is 5.92 Å². The summed E-state index contributed by atoms with van der Waals surface area (Å²) in [5.41, 5.74) is 3.04. The van der Waals surface area contributed by atoms with Crippen LogP contribution in [0.15, 0.2) is 35.5 Å². The van der Waals surface area contributed by atoms with Crippen LogP contribution in [-0.2, 0) is 16.1 Å². The van der Waals surface area contributed by atoms with Crippen LogP contribution in [0.4, 0.5) is 0 Å². The zero-order chi connectivity index (χ0) is 22.4. The topological polar surface area (TPSA) is 93.7 Å². The van der Waals surface area contributed by atoms with Gasteiger partial charge in [-0.1, -0.05) is 37.6 Å². The maximum absolute atomic E-state index is 12.6. The molecule has 4 N–H and O–H groups in total. The standard InChI is InChI=1S/C23H33ClN4O3/c1-15(2)21(29)11-25-20-14-28(13-19-7-8-22(30)27-19)12-17(20)9-23(31)26-10-16-3-5-18(24)6-4-16/h3-6,15,19,21,25,29H,7-14H2,1-2H3,(H,26,31)(H,27,30). The highest BCUT2D eigenvalue weighted by molar-refractivity contribution is 6.30. The third-order valence-corrected chi connectivity index (χ3v) is 6.11. The Labute approximate surface area is 189 Å². The van der Waals surface area contributed by atoms with Gasteiger partial charge in [0.25, 0.3) is 0 Å². The van der Waals surface area contributed by atoms with Crippen LogP contribution in [0.3, 0.4) is 0 Å². The number of hydrogen-bond acceptors (Lipinski definition) is 5. The van der Waals surface area contributed by atoms with E-state index in [1.165, 1.54) is 0 Å². The van der Waals surface area contributed by atoms with Gasteiger partial charge in [-0.15, -0.1) is 0 Å². The third-order valence-electron chi connectivity index (χ3n) is 5.86. The van der Waals surface area contributed by atoms with Gasteiger partial charge in [-0.05, 0) is 35.6 Å². The molecule has 2 heterocycles. The van der Waals surface area contributed by atoms with Gasteiger partial charge in [0.15, 0.2) is 0 Å². The summed E-state index contributed by atoms with van der Waals surface area (Å²) < 4.78 is 0. The highest BCUT2D eigenvalue weighted by atomic mass is 35.5. The first-order chi connectivity index (χ1) is 14.8. The van der Waals surface area contributed by atoms with Crippen molar-refractivity contribution in [3.63, 3.8) is 0 Å². The molecule has 0 radical (unpaired) electrons. The van der Waals surface area contributed by atoms with Crippen LogP contribution in [0, 0.1) is 5.92 Å². The Morgan fingerprint density at radius 3 is 2.68 bits per heavy atom. The number of aliphatic hydroxyl groups is 1. The van der Waals surface area contributed by atoms with E-state index in [9.17, 15) is 14.7 Å². The second-order valence-corrected chi connectivity index (χ2v) is 9.26. The van der Waals surface area contributed by atoms with Gasteiger partial charge in [0, 0.05) is 55.9 Å². The molecule has 1 saturated heterocycles. The molecule has 31 heavy (non-hydrogen) atoms. The van der Waals surface area contributed by atoms with E-state index in [1.807, 2.05) is 38.1 Å². The number of carbonyl (C=O) groups excluding carboxylic acids is 2. The molecular weight excluding hydrogens is 416 g/mol. The minimum Gasteiger partial charge on any atom is -0.391 e. The maximum Gasteiger partial charge on any atom is 0.224 e. The molecule has 0 spiro atoms. The molecule has 1 fully saturated rings. The number of carbonyl (C=O) groups is 2. The lowest BCUT2D eigenvalue weighted by Gasteiger charge is -2.21. The van der Waals surface area contributed by atoms with Crippen molar-refractivity contribution in [1.82, 2.24) is 20.9 Å². The number of rotatable bonds is 10. The van der Waals surface area contributed by atoms with Crippen molar-refractivity contribution in [1.29, 1.82) is 0 Å². The monoisotopic (exact) mass is 448 g/mol. The van der Waals surface area contributed by atoms with Crippen molar-refractivity contribution >= 4 is 23.4 Å². The largest absolute Gasteiger partial charge is 0.391 e. The molecule has 2 unspecified atom stereocenters. The SMILES string of the molecule is CC(C)C(O)CNC1=C(CC(=O)NCc2ccc(Cl)cc2)CN(CC2CCC(=O)N2)C1. The van der Waals surface area contributed by atoms with E-state index in [0.29, 0.717) is 44.0 Å². The van der Waals surface area contributed by atoms with Crippen LogP contribution in [-0.4, -0.2) is 60.1 Å². The summed E-state index contributed by atoms with van der Waals surface area (Å²) in [5.74, 6) is 0.229. The lowest BCUT2D eigenvalue weighted by atomic mass is 10.1. The number of aliphatic hydroxyl groups excluding tert-OH is 1. The lowest BCUT2D eigenvalue weighted by Crippen LogP contribution is -2.39. The summed E-state index contributed by atoms with van der Waals surface area (Å²) in [5, 5.41) is 20.2. The number of halogens is 1. The van der Waals surface area contributed by atoms with Crippen molar-refractivity contribution < 1.29 is 14.7 Å². The summed E-state index contributed by atoms with van der Waals surface area (Å²) in [4.78, 5) is 26.4. The molecule has 170 valence electrons. The van der Waals surface area contributed by atoms with Crippen molar-refractivity contribution in [3.8, 4) is 0 Å². The molecule has 0 aliphatic carbocycles. The molecule has 1 aromatic rings. The fourth-order valence-corrected chi connectivity index (χ4v) is 4.00. The van der Waals surface area contributed by atoms with Crippen LogP contribution in [0.25, 0.3) is 0 Å². The molecule has 7 nitrogen and oxygen atoms in total. The van der Waals surface area contributed by atoms with Crippen LogP contribution in [0.5, 0.6) is 0 Å². The van der Waals surface area contributed by atoms with E-state index in [0.717, 1.165) is 29.8 Å². The molecular formula is C23H33ClN4O3. The van der Waals surface area contributed by atoms with Crippen LogP contribution < -0.4 is 16.0 Å². The number of hydrogen-bond donors (Lipinski definition) is 4. The Morgan fingerprint density at radius 2 is 2.03 bits per heavy atom. The van der Waals surface area contributed by atoms with Gasteiger partial charge in [0.05, 0.1) is 12.5 Å². The van der Waals surface area contributed by atoms with Crippen molar-refractivity contribution in [2.75, 3.05) is 26.2 Å². The van der Waals surface area contributed by atoms with Crippen molar-refractivity contribution in [2.45, 2.75) is 51.8 Å². The minimum absolute atomic E-state index is 0.0373. The molecule has 0 saturated carbocycles. The summed E-state index contributed by atoms with van der Waals surface area (Å²) in [6.07, 6.45) is 1.29. The summed E-state index contributed by atoms with van der Waals surface area (Å²) in [7, 11) is 0. The van der Waals surface area contributed by atoms with Crippen LogP contribution in [0.1, 0.15) is 38.7 Å². The Kier molecular flexibility index (Phi) is 8.35. The summed E-state index contributed by atoms with van der Waals surface area (Å²) in [6.45, 7) is 7.01. The molecule has 8 heteroatoms. The van der Waals surface area contributed by atoms with Gasteiger partial charge >= 0.3 is 0 Å². The molecule has 2 amide bonds. The zero-order valence-corrected chi connectivity index (χ0v) is 19.0. The van der Waals surface area contributed by atoms with Gasteiger partial charge in [-0.25, -0.2) is 0 Å². The van der Waals surface area contributed by atoms with Crippen molar-refractivity contribution in [3.05, 3.63) is 46.1 Å². The highest BCUT2D eigenvalue weighted by Gasteiger charge is 2.29. The van der Waals surface area contributed by atoms with Gasteiger partial charge < -0.3 is 21.1 Å². The molecule has 0 bridgehead atoms. The molecule has 2 aliphatic rings. The Hall–Kier alpha value is -2.09. The summed E-state index contributed by atoms with van der Waals surface area (Å²) in [6, 6.07) is 7.58. The molecule has 2 aliphatic heterocycles. The quantitative estimate of drug-likeness (QED) is 0.438. The summed E-state index contributed by atoms with van der Waals surface area (Å²) >= 11 is 5.91. The third kappa shape index (κ3) is 7.23. The fourth-order valence-electron chi connectivity index (χ4n) is 3.88. The fraction of sp³-hybridized carbons (Fsp3) is 0.565. The Balaban J connectivity index is 1.57. The number of nitrogens with one attached hydrogen (secondary N) is 3. The Bertz CT molecular complexity index is 810. The predicted octanol–water partition coefficient (Wildman–Crippen LogP) is 1.80. The van der Waals surface area contributed by atoms with Gasteiger partial charge in [0.1, 0.15) is 0 Å². The first kappa shape index (κ1) is 23.6. The van der Waals surface area contributed by atoms with Crippen LogP contribution in [0.2, 0.25) is 5.02 Å². The maximum atomic E-state index is 12.6. The Morgan fingerprint density at radius 1 is 1.29 bits per heavy atom. The normalized spacial score (nSPS) is 20.3. The first-order valence-corrected chi connectivity index (χ1v) is 11.3. The van der Waals surface area contributed by atoms with E-state index >= 15 is 0 Å². The molecule has 3 rings (SSSR count). The minimum atomic E-state index is -0.448. The van der Waals surface area contributed by atoms with Crippen LogP contribution >= 0.6 is 11.6 Å². The lowest BCUT2D eigenvalue weighted by molar-refractivity contribution is -0.121. The zero-order valence-electron chi connectivity index (χ0n) is 18.3. The first-order valence-electron chi connectivity index (χ1n) is 11.0. The van der Waals surface area contributed by atoms with E-state index in [4.69, 9.17) is 11.6 Å². The number of nitrogens with zero attached hydrogens (tertiary/aromatic N) is 1. The van der Waals surface area contributed by atoms with E-state index in [2.05, 4.69) is 20.9 Å². The number of benzene rings is 1. The average Bonchev–Trinajstić information content (AvgIpc) is 3.31. The van der Waals surface area contributed by atoms with E-state index < -0.39 is 6.10 Å². The van der Waals surface area contributed by atoms with E-state index in [-0.39, 0.29) is 23.8 Å². The molecule has 2 atom stereocenters. The number of amides is 2. The van der Waals surface area contributed by atoms with E-state index in [1.54, 1.807) is 0 Å². The molecule has 0 aromatic heterocycles.